The van der Waals surface area contributed by atoms with Crippen molar-refractivity contribution in [3.63, 3.8) is 0 Å². The van der Waals surface area contributed by atoms with E-state index in [0.29, 0.717) is 6.61 Å². The molecular weight excluding hydrogens is 220 g/mol. The maximum Gasteiger partial charge on any atom is 0.111 e. The predicted molar refractivity (Wildman–Crippen MR) is 48.8 cm³/mol. The second-order valence-electron chi connectivity index (χ2n) is 2.87. The molecule has 0 radical (unpaired) electrons. The largest absolute Gasteiger partial charge is 0.386 e. The van der Waals surface area contributed by atoms with E-state index in [4.69, 9.17) is 4.74 Å². The van der Waals surface area contributed by atoms with E-state index in [1.54, 1.807) is 0 Å². The lowest BCUT2D eigenvalue weighted by molar-refractivity contribution is 0.137. The molecule has 1 aromatic rings. The van der Waals surface area contributed by atoms with Gasteiger partial charge in [0.1, 0.15) is 12.2 Å². The molecule has 0 bridgehead atoms. The van der Waals surface area contributed by atoms with Gasteiger partial charge in [-0.05, 0) is 17.7 Å². The Morgan fingerprint density at radius 1 is 1.58 bits per heavy atom. The lowest BCUT2D eigenvalue weighted by atomic mass is 10.1. The highest BCUT2D eigenvalue weighted by molar-refractivity contribution is 9.10. The van der Waals surface area contributed by atoms with Crippen LogP contribution < -0.4 is 0 Å². The maximum absolute atomic E-state index is 9.64. The monoisotopic (exact) mass is 228 g/mol. The third-order valence-corrected chi connectivity index (χ3v) is 2.39. The van der Waals surface area contributed by atoms with Crippen LogP contribution in [0.15, 0.2) is 28.7 Å². The minimum Gasteiger partial charge on any atom is -0.386 e. The Morgan fingerprint density at radius 3 is 2.92 bits per heavy atom. The number of hydrogen-bond donors (Lipinski definition) is 1. The topological polar surface area (TPSA) is 32.8 Å². The summed E-state index contributed by atoms with van der Waals surface area (Å²) < 4.78 is 5.99. The Labute approximate surface area is 79.3 Å². The van der Waals surface area contributed by atoms with Crippen LogP contribution in [0.3, 0.4) is 0 Å². The number of hydrogen-bond acceptors (Lipinski definition) is 2. The quantitative estimate of drug-likeness (QED) is 0.785. The van der Waals surface area contributed by atoms with Gasteiger partial charge in [0.15, 0.2) is 0 Å². The van der Waals surface area contributed by atoms with Gasteiger partial charge in [0, 0.05) is 4.47 Å². The van der Waals surface area contributed by atoms with E-state index in [-0.39, 0.29) is 6.10 Å². The molecule has 1 saturated heterocycles. The molecule has 2 atom stereocenters. The molecular formula is C9H9BrO2. The van der Waals surface area contributed by atoms with Gasteiger partial charge in [-0.15, -0.1) is 0 Å². The van der Waals surface area contributed by atoms with Gasteiger partial charge in [0.2, 0.25) is 0 Å². The van der Waals surface area contributed by atoms with Gasteiger partial charge >= 0.3 is 0 Å². The van der Waals surface area contributed by atoms with Crippen LogP contribution in [0.4, 0.5) is 0 Å². The van der Waals surface area contributed by atoms with Crippen molar-refractivity contribution >= 4 is 15.9 Å². The standard InChI is InChI=1S/C9H9BrO2/c10-7-3-1-2-6(4-7)9(11)8-5-12-8/h1-4,8-9,11H,5H2. The lowest BCUT2D eigenvalue weighted by Crippen LogP contribution is -2.04. The summed E-state index contributed by atoms with van der Waals surface area (Å²) in [6.07, 6.45) is -0.457. The molecule has 1 aromatic carbocycles. The number of epoxide rings is 1. The fourth-order valence-corrected chi connectivity index (χ4v) is 1.56. The third-order valence-electron chi connectivity index (χ3n) is 1.90. The van der Waals surface area contributed by atoms with Gasteiger partial charge in [-0.1, -0.05) is 28.1 Å². The average Bonchev–Trinajstić information content (AvgIpc) is 2.85. The molecule has 1 heterocycles. The molecule has 3 heteroatoms. The molecule has 0 saturated carbocycles. The average molecular weight is 229 g/mol. The van der Waals surface area contributed by atoms with E-state index < -0.39 is 6.10 Å². The smallest absolute Gasteiger partial charge is 0.111 e. The summed E-state index contributed by atoms with van der Waals surface area (Å²) in [6, 6.07) is 7.65. The number of benzene rings is 1. The number of aliphatic hydroxyl groups is 1. The highest BCUT2D eigenvalue weighted by Crippen LogP contribution is 2.28. The summed E-state index contributed by atoms with van der Waals surface area (Å²) in [6.45, 7) is 0.674. The van der Waals surface area contributed by atoms with Gasteiger partial charge in [0.05, 0.1) is 6.61 Å². The maximum atomic E-state index is 9.64. The molecule has 1 N–H and O–H groups in total. The number of halogens is 1. The summed E-state index contributed by atoms with van der Waals surface area (Å²) in [5, 5.41) is 9.64. The highest BCUT2D eigenvalue weighted by Gasteiger charge is 2.32. The normalized spacial score (nSPS) is 23.7. The molecule has 2 unspecified atom stereocenters. The minimum absolute atomic E-state index is 0.0132. The Morgan fingerprint density at radius 2 is 2.33 bits per heavy atom. The molecule has 1 fully saturated rings. The van der Waals surface area contributed by atoms with Crippen LogP contribution in [0.1, 0.15) is 11.7 Å². The molecule has 12 heavy (non-hydrogen) atoms. The summed E-state index contributed by atoms with van der Waals surface area (Å²) >= 11 is 3.35. The molecule has 64 valence electrons. The zero-order valence-corrected chi connectivity index (χ0v) is 7.99. The van der Waals surface area contributed by atoms with Crippen LogP contribution in [0.25, 0.3) is 0 Å². The second-order valence-corrected chi connectivity index (χ2v) is 3.79. The molecule has 1 aliphatic rings. The first-order valence-electron chi connectivity index (χ1n) is 3.82. The van der Waals surface area contributed by atoms with E-state index >= 15 is 0 Å². The van der Waals surface area contributed by atoms with Crippen LogP contribution in [0.5, 0.6) is 0 Å². The molecule has 0 amide bonds. The number of ether oxygens (including phenoxy) is 1. The molecule has 0 aromatic heterocycles. The van der Waals surface area contributed by atoms with E-state index in [1.165, 1.54) is 0 Å². The van der Waals surface area contributed by atoms with Gasteiger partial charge < -0.3 is 9.84 Å². The van der Waals surface area contributed by atoms with E-state index in [9.17, 15) is 5.11 Å². The van der Waals surface area contributed by atoms with Crippen molar-refractivity contribution in [3.05, 3.63) is 34.3 Å². The zero-order chi connectivity index (χ0) is 8.55. The Balaban J connectivity index is 2.20. The van der Waals surface area contributed by atoms with Crippen molar-refractivity contribution in [2.75, 3.05) is 6.61 Å². The number of rotatable bonds is 2. The first-order valence-corrected chi connectivity index (χ1v) is 4.62. The fourth-order valence-electron chi connectivity index (χ4n) is 1.14. The molecule has 2 nitrogen and oxygen atoms in total. The van der Waals surface area contributed by atoms with Crippen molar-refractivity contribution in [1.29, 1.82) is 0 Å². The molecule has 0 aliphatic carbocycles. The Kier molecular flexibility index (Phi) is 2.17. The molecule has 1 aliphatic heterocycles. The van der Waals surface area contributed by atoms with Crippen LogP contribution in [-0.2, 0) is 4.74 Å². The van der Waals surface area contributed by atoms with E-state index in [2.05, 4.69) is 15.9 Å². The molecule has 2 rings (SSSR count). The predicted octanol–water partition coefficient (Wildman–Crippen LogP) is 1.88. The van der Waals surface area contributed by atoms with Crippen LogP contribution in [-0.4, -0.2) is 17.8 Å². The summed E-state index contributed by atoms with van der Waals surface area (Å²) in [5.74, 6) is 0. The van der Waals surface area contributed by atoms with Gasteiger partial charge in [-0.25, -0.2) is 0 Å². The molecule has 0 spiro atoms. The van der Waals surface area contributed by atoms with Crippen LogP contribution in [0, 0.1) is 0 Å². The highest BCUT2D eigenvalue weighted by atomic mass is 79.9. The van der Waals surface area contributed by atoms with Crippen molar-refractivity contribution in [2.24, 2.45) is 0 Å². The van der Waals surface area contributed by atoms with Crippen LogP contribution >= 0.6 is 15.9 Å². The fraction of sp³-hybridized carbons (Fsp3) is 0.333. The Bertz CT molecular complexity index is 284. The second kappa shape index (κ2) is 3.17. The first kappa shape index (κ1) is 8.23. The van der Waals surface area contributed by atoms with Crippen molar-refractivity contribution in [1.82, 2.24) is 0 Å². The summed E-state index contributed by atoms with van der Waals surface area (Å²) in [7, 11) is 0. The van der Waals surface area contributed by atoms with Crippen molar-refractivity contribution in [2.45, 2.75) is 12.2 Å². The first-order chi connectivity index (χ1) is 5.77. The van der Waals surface area contributed by atoms with Gasteiger partial charge in [-0.3, -0.25) is 0 Å². The number of aliphatic hydroxyl groups excluding tert-OH is 1. The van der Waals surface area contributed by atoms with E-state index in [0.717, 1.165) is 10.0 Å². The van der Waals surface area contributed by atoms with Gasteiger partial charge in [-0.2, -0.15) is 0 Å². The summed E-state index contributed by atoms with van der Waals surface area (Å²) in [5.41, 5.74) is 0.909. The SMILES string of the molecule is OC(c1cccc(Br)c1)C1CO1. The van der Waals surface area contributed by atoms with Gasteiger partial charge in [0.25, 0.3) is 0 Å². The van der Waals surface area contributed by atoms with Crippen molar-refractivity contribution in [3.8, 4) is 0 Å². The minimum atomic E-state index is -0.470. The van der Waals surface area contributed by atoms with Crippen molar-refractivity contribution < 1.29 is 9.84 Å². The lowest BCUT2D eigenvalue weighted by Gasteiger charge is -2.06. The third kappa shape index (κ3) is 1.68. The Hall–Kier alpha value is -0.380. The zero-order valence-electron chi connectivity index (χ0n) is 6.40. The summed E-state index contributed by atoms with van der Waals surface area (Å²) in [4.78, 5) is 0. The van der Waals surface area contributed by atoms with Crippen LogP contribution in [0.2, 0.25) is 0 Å². The van der Waals surface area contributed by atoms with E-state index in [1.807, 2.05) is 24.3 Å².